The van der Waals surface area contributed by atoms with E-state index in [1.807, 2.05) is 24.3 Å². The second kappa shape index (κ2) is 6.11. The lowest BCUT2D eigenvalue weighted by Gasteiger charge is -2.29. The first-order valence-corrected chi connectivity index (χ1v) is 7.48. The molecule has 0 radical (unpaired) electrons. The smallest absolute Gasteiger partial charge is 0.103 e. The van der Waals surface area contributed by atoms with E-state index in [4.69, 9.17) is 0 Å². The van der Waals surface area contributed by atoms with Crippen molar-refractivity contribution in [2.75, 3.05) is 32.0 Å². The van der Waals surface area contributed by atoms with E-state index in [9.17, 15) is 5.26 Å². The lowest BCUT2D eigenvalue weighted by molar-refractivity contribution is 0.226. The SMILES string of the molecule is CN1CCC(CNc2c(C#N)cnc3ccccc23)CC1. The van der Waals surface area contributed by atoms with Gasteiger partial charge in [-0.15, -0.1) is 0 Å². The van der Waals surface area contributed by atoms with E-state index in [-0.39, 0.29) is 0 Å². The Kier molecular flexibility index (Phi) is 4.03. The Labute approximate surface area is 125 Å². The van der Waals surface area contributed by atoms with Gasteiger partial charge in [-0.2, -0.15) is 5.26 Å². The van der Waals surface area contributed by atoms with Gasteiger partial charge in [0.15, 0.2) is 0 Å². The van der Waals surface area contributed by atoms with Crippen molar-refractivity contribution in [3.63, 3.8) is 0 Å². The van der Waals surface area contributed by atoms with Crippen LogP contribution in [0, 0.1) is 17.2 Å². The van der Waals surface area contributed by atoms with Crippen LogP contribution in [-0.4, -0.2) is 36.6 Å². The summed E-state index contributed by atoms with van der Waals surface area (Å²) >= 11 is 0. The highest BCUT2D eigenvalue weighted by molar-refractivity contribution is 5.93. The number of rotatable bonds is 3. The van der Waals surface area contributed by atoms with Gasteiger partial charge in [0.2, 0.25) is 0 Å². The van der Waals surface area contributed by atoms with E-state index < -0.39 is 0 Å². The van der Waals surface area contributed by atoms with Gasteiger partial charge in [-0.3, -0.25) is 4.98 Å². The van der Waals surface area contributed by atoms with Gasteiger partial charge in [-0.1, -0.05) is 18.2 Å². The van der Waals surface area contributed by atoms with E-state index in [1.54, 1.807) is 6.20 Å². The van der Waals surface area contributed by atoms with Crippen molar-refractivity contribution in [1.29, 1.82) is 5.26 Å². The van der Waals surface area contributed by atoms with Crippen LogP contribution >= 0.6 is 0 Å². The molecule has 0 spiro atoms. The summed E-state index contributed by atoms with van der Waals surface area (Å²) in [4.78, 5) is 6.72. The summed E-state index contributed by atoms with van der Waals surface area (Å²) in [5, 5.41) is 13.9. The van der Waals surface area contributed by atoms with E-state index in [0.29, 0.717) is 11.5 Å². The minimum Gasteiger partial charge on any atom is -0.383 e. The van der Waals surface area contributed by atoms with Crippen molar-refractivity contribution < 1.29 is 0 Å². The van der Waals surface area contributed by atoms with E-state index in [2.05, 4.69) is 28.3 Å². The number of nitrogens with zero attached hydrogens (tertiary/aromatic N) is 3. The molecule has 0 amide bonds. The maximum absolute atomic E-state index is 9.31. The fraction of sp³-hybridized carbons (Fsp3) is 0.412. The van der Waals surface area contributed by atoms with Crippen molar-refractivity contribution in [3.8, 4) is 6.07 Å². The number of hydrogen-bond acceptors (Lipinski definition) is 4. The van der Waals surface area contributed by atoms with Crippen LogP contribution in [0.1, 0.15) is 18.4 Å². The number of hydrogen-bond donors (Lipinski definition) is 1. The number of nitriles is 1. The van der Waals surface area contributed by atoms with Gasteiger partial charge in [0, 0.05) is 18.1 Å². The molecule has 0 unspecified atom stereocenters. The summed E-state index contributed by atoms with van der Waals surface area (Å²) in [5.41, 5.74) is 2.49. The summed E-state index contributed by atoms with van der Waals surface area (Å²) in [6, 6.07) is 10.2. The van der Waals surface area contributed by atoms with Crippen LogP contribution in [0.5, 0.6) is 0 Å². The largest absolute Gasteiger partial charge is 0.383 e. The number of piperidine rings is 1. The van der Waals surface area contributed by atoms with Crippen molar-refractivity contribution in [2.45, 2.75) is 12.8 Å². The zero-order valence-corrected chi connectivity index (χ0v) is 12.3. The number of pyridine rings is 1. The molecule has 3 rings (SSSR count). The molecule has 108 valence electrons. The van der Waals surface area contributed by atoms with Gasteiger partial charge in [-0.25, -0.2) is 0 Å². The Bertz CT molecular complexity index is 666. The molecule has 2 aromatic rings. The Morgan fingerprint density at radius 3 is 2.86 bits per heavy atom. The minimum absolute atomic E-state index is 0.627. The molecule has 0 bridgehead atoms. The molecule has 2 heterocycles. The number of aromatic nitrogens is 1. The van der Waals surface area contributed by atoms with Crippen molar-refractivity contribution >= 4 is 16.6 Å². The maximum atomic E-state index is 9.31. The van der Waals surface area contributed by atoms with E-state index in [1.165, 1.54) is 12.8 Å². The van der Waals surface area contributed by atoms with Gasteiger partial charge >= 0.3 is 0 Å². The van der Waals surface area contributed by atoms with Crippen molar-refractivity contribution in [2.24, 2.45) is 5.92 Å². The number of anilines is 1. The third kappa shape index (κ3) is 2.98. The molecule has 0 aliphatic carbocycles. The molecule has 1 N–H and O–H groups in total. The van der Waals surface area contributed by atoms with Crippen LogP contribution < -0.4 is 5.32 Å². The molecule has 21 heavy (non-hydrogen) atoms. The summed E-state index contributed by atoms with van der Waals surface area (Å²) in [7, 11) is 2.17. The summed E-state index contributed by atoms with van der Waals surface area (Å²) in [6.45, 7) is 3.25. The second-order valence-electron chi connectivity index (χ2n) is 5.80. The lowest BCUT2D eigenvalue weighted by atomic mass is 9.97. The molecule has 1 aromatic carbocycles. The third-order valence-electron chi connectivity index (χ3n) is 4.30. The molecule has 1 aliphatic heterocycles. The zero-order chi connectivity index (χ0) is 14.7. The predicted molar refractivity (Wildman–Crippen MR) is 85.2 cm³/mol. The summed E-state index contributed by atoms with van der Waals surface area (Å²) in [6.07, 6.45) is 4.10. The maximum Gasteiger partial charge on any atom is 0.103 e. The highest BCUT2D eigenvalue weighted by Crippen LogP contribution is 2.26. The molecule has 0 saturated carbocycles. The van der Waals surface area contributed by atoms with Gasteiger partial charge in [-0.05, 0) is 45.0 Å². The zero-order valence-electron chi connectivity index (χ0n) is 12.3. The van der Waals surface area contributed by atoms with Crippen LogP contribution in [0.4, 0.5) is 5.69 Å². The Morgan fingerprint density at radius 2 is 2.10 bits per heavy atom. The van der Waals surface area contributed by atoms with Crippen LogP contribution in [0.3, 0.4) is 0 Å². The highest BCUT2D eigenvalue weighted by Gasteiger charge is 2.17. The average molecular weight is 280 g/mol. The fourth-order valence-corrected chi connectivity index (χ4v) is 2.93. The first-order chi connectivity index (χ1) is 10.3. The number of fused-ring (bicyclic) bond motifs is 1. The summed E-state index contributed by atoms with van der Waals surface area (Å²) < 4.78 is 0. The molecular weight excluding hydrogens is 260 g/mol. The second-order valence-corrected chi connectivity index (χ2v) is 5.80. The first-order valence-electron chi connectivity index (χ1n) is 7.48. The third-order valence-corrected chi connectivity index (χ3v) is 4.30. The van der Waals surface area contributed by atoms with Gasteiger partial charge < -0.3 is 10.2 Å². The molecule has 1 fully saturated rings. The van der Waals surface area contributed by atoms with E-state index in [0.717, 1.165) is 36.2 Å². The monoisotopic (exact) mass is 280 g/mol. The number of nitrogens with one attached hydrogen (secondary N) is 1. The molecular formula is C17H20N4. The molecule has 4 heteroatoms. The number of benzene rings is 1. The molecule has 1 saturated heterocycles. The Hall–Kier alpha value is -2.12. The molecule has 0 atom stereocenters. The lowest BCUT2D eigenvalue weighted by Crippen LogP contribution is -2.33. The Balaban J connectivity index is 1.81. The van der Waals surface area contributed by atoms with E-state index >= 15 is 0 Å². The fourth-order valence-electron chi connectivity index (χ4n) is 2.93. The first kappa shape index (κ1) is 13.8. The van der Waals surface area contributed by atoms with Crippen molar-refractivity contribution in [3.05, 3.63) is 36.0 Å². The van der Waals surface area contributed by atoms with Gasteiger partial charge in [0.1, 0.15) is 6.07 Å². The van der Waals surface area contributed by atoms with Crippen LogP contribution in [0.15, 0.2) is 30.5 Å². The predicted octanol–water partition coefficient (Wildman–Crippen LogP) is 2.86. The topological polar surface area (TPSA) is 52.0 Å². The normalized spacial score (nSPS) is 16.8. The molecule has 1 aromatic heterocycles. The average Bonchev–Trinajstić information content (AvgIpc) is 2.54. The van der Waals surface area contributed by atoms with Gasteiger partial charge in [0.25, 0.3) is 0 Å². The minimum atomic E-state index is 0.627. The van der Waals surface area contributed by atoms with Crippen molar-refractivity contribution in [1.82, 2.24) is 9.88 Å². The number of para-hydroxylation sites is 1. The molecule has 1 aliphatic rings. The highest BCUT2D eigenvalue weighted by atomic mass is 15.1. The molecule has 4 nitrogen and oxygen atoms in total. The standard InChI is InChI=1S/C17H20N4/c1-21-8-6-13(7-9-21)11-20-17-14(10-18)12-19-16-5-3-2-4-15(16)17/h2-5,12-13H,6-9,11H2,1H3,(H,19,20). The summed E-state index contributed by atoms with van der Waals surface area (Å²) in [5.74, 6) is 0.680. The van der Waals surface area contributed by atoms with Crippen LogP contribution in [-0.2, 0) is 0 Å². The number of likely N-dealkylation sites (tertiary alicyclic amines) is 1. The van der Waals surface area contributed by atoms with Crippen LogP contribution in [0.2, 0.25) is 0 Å². The van der Waals surface area contributed by atoms with Gasteiger partial charge in [0.05, 0.1) is 16.8 Å². The quantitative estimate of drug-likeness (QED) is 0.939. The Morgan fingerprint density at radius 1 is 1.33 bits per heavy atom. The van der Waals surface area contributed by atoms with Crippen LogP contribution in [0.25, 0.3) is 10.9 Å².